The van der Waals surface area contributed by atoms with Crippen molar-refractivity contribution < 1.29 is 22.5 Å². The van der Waals surface area contributed by atoms with Crippen molar-refractivity contribution in [3.8, 4) is 21.9 Å². The van der Waals surface area contributed by atoms with Crippen LogP contribution in [0.2, 0.25) is 0 Å². The van der Waals surface area contributed by atoms with Crippen molar-refractivity contribution in [1.82, 2.24) is 15.4 Å². The Kier molecular flexibility index (Phi) is 3.24. The zero-order valence-electron chi connectivity index (χ0n) is 10.6. The Bertz CT molecular complexity index is 806. The first-order valence-electron chi connectivity index (χ1n) is 5.84. The number of aromatic nitrogens is 3. The van der Waals surface area contributed by atoms with Crippen molar-refractivity contribution in [2.75, 3.05) is 0 Å². The minimum absolute atomic E-state index is 0.0252. The fraction of sp³-hybridized carbons (Fsp3) is 0.0833. The number of nitrogens with zero attached hydrogens (tertiary/aromatic N) is 2. The molecule has 0 aliphatic carbocycles. The van der Waals surface area contributed by atoms with Crippen LogP contribution in [0.15, 0.2) is 29.0 Å². The standard InChI is InChI=1S/C12H7F3N4O2S/c13-12(14,15)10-8(11(16)20)7(5-1-3-17-19-5)9(22-10)6-2-4-18-21-6/h1-4H,(H2,16,20)(H,17,19). The Morgan fingerprint density at radius 2 is 2.14 bits per heavy atom. The Morgan fingerprint density at radius 1 is 1.36 bits per heavy atom. The van der Waals surface area contributed by atoms with Crippen molar-refractivity contribution in [3.05, 3.63) is 35.0 Å². The number of alkyl halides is 3. The average Bonchev–Trinajstić information content (AvgIpc) is 3.17. The number of primary amides is 1. The van der Waals surface area contributed by atoms with Gasteiger partial charge in [0.05, 0.1) is 22.3 Å². The quantitative estimate of drug-likeness (QED) is 0.772. The molecule has 3 aromatic heterocycles. The lowest BCUT2D eigenvalue weighted by atomic mass is 10.0. The summed E-state index contributed by atoms with van der Waals surface area (Å²) in [7, 11) is 0. The molecular weight excluding hydrogens is 321 g/mol. The molecule has 114 valence electrons. The van der Waals surface area contributed by atoms with Crippen LogP contribution in [-0.2, 0) is 6.18 Å². The number of nitrogens with one attached hydrogen (secondary N) is 1. The predicted molar refractivity (Wildman–Crippen MR) is 70.9 cm³/mol. The van der Waals surface area contributed by atoms with E-state index in [1.807, 2.05) is 0 Å². The molecule has 3 rings (SSSR count). The van der Waals surface area contributed by atoms with Crippen molar-refractivity contribution in [2.45, 2.75) is 6.18 Å². The number of amides is 1. The SMILES string of the molecule is NC(=O)c1c(C(F)(F)F)sc(-c2ccno2)c1-c1cc[nH]n1. The molecule has 6 nitrogen and oxygen atoms in total. The number of nitrogens with two attached hydrogens (primary N) is 1. The van der Waals surface area contributed by atoms with E-state index >= 15 is 0 Å². The van der Waals surface area contributed by atoms with Gasteiger partial charge in [-0.15, -0.1) is 11.3 Å². The Hall–Kier alpha value is -2.62. The summed E-state index contributed by atoms with van der Waals surface area (Å²) in [6.45, 7) is 0. The van der Waals surface area contributed by atoms with Crippen molar-refractivity contribution in [2.24, 2.45) is 5.73 Å². The highest BCUT2D eigenvalue weighted by Crippen LogP contribution is 2.48. The van der Waals surface area contributed by atoms with E-state index in [0.29, 0.717) is 11.3 Å². The molecule has 22 heavy (non-hydrogen) atoms. The second-order valence-corrected chi connectivity index (χ2v) is 5.23. The van der Waals surface area contributed by atoms with Crippen LogP contribution in [0.3, 0.4) is 0 Å². The highest BCUT2D eigenvalue weighted by atomic mass is 32.1. The van der Waals surface area contributed by atoms with Gasteiger partial charge in [0.2, 0.25) is 0 Å². The van der Waals surface area contributed by atoms with E-state index in [9.17, 15) is 18.0 Å². The smallest absolute Gasteiger partial charge is 0.366 e. The molecule has 0 atom stereocenters. The van der Waals surface area contributed by atoms with Gasteiger partial charge in [-0.25, -0.2) is 0 Å². The van der Waals surface area contributed by atoms with Crippen molar-refractivity contribution in [3.63, 3.8) is 0 Å². The van der Waals surface area contributed by atoms with Crippen molar-refractivity contribution in [1.29, 1.82) is 0 Å². The Morgan fingerprint density at radius 3 is 2.64 bits per heavy atom. The maximum Gasteiger partial charge on any atom is 0.426 e. The highest BCUT2D eigenvalue weighted by Gasteiger charge is 2.41. The Balaban J connectivity index is 2.38. The average molecular weight is 328 g/mol. The topological polar surface area (TPSA) is 97.8 Å². The molecular formula is C12H7F3N4O2S. The van der Waals surface area contributed by atoms with Gasteiger partial charge < -0.3 is 10.3 Å². The molecule has 0 saturated carbocycles. The van der Waals surface area contributed by atoms with Gasteiger partial charge in [0.1, 0.15) is 4.88 Å². The van der Waals surface area contributed by atoms with Gasteiger partial charge in [-0.05, 0) is 6.07 Å². The van der Waals surface area contributed by atoms with E-state index in [4.69, 9.17) is 10.3 Å². The summed E-state index contributed by atoms with van der Waals surface area (Å²) in [5, 5.41) is 9.80. The van der Waals surface area contributed by atoms with Gasteiger partial charge in [0.25, 0.3) is 5.91 Å². The molecule has 0 radical (unpaired) electrons. The minimum Gasteiger partial charge on any atom is -0.366 e. The lowest BCUT2D eigenvalue weighted by Gasteiger charge is -2.06. The number of thiophene rings is 1. The maximum absolute atomic E-state index is 13.2. The number of hydrogen-bond acceptors (Lipinski definition) is 5. The lowest BCUT2D eigenvalue weighted by molar-refractivity contribution is -0.134. The van der Waals surface area contributed by atoms with E-state index in [0.717, 1.165) is 0 Å². The van der Waals surface area contributed by atoms with Gasteiger partial charge in [-0.2, -0.15) is 18.3 Å². The molecule has 3 N–H and O–H groups in total. The highest BCUT2D eigenvalue weighted by molar-refractivity contribution is 7.16. The van der Waals surface area contributed by atoms with E-state index in [2.05, 4.69) is 15.4 Å². The fourth-order valence-corrected chi connectivity index (χ4v) is 3.16. The van der Waals surface area contributed by atoms with Crippen LogP contribution in [0.25, 0.3) is 21.9 Å². The van der Waals surface area contributed by atoms with Gasteiger partial charge >= 0.3 is 6.18 Å². The molecule has 3 aromatic rings. The molecule has 0 aromatic carbocycles. The van der Waals surface area contributed by atoms with E-state index in [-0.39, 0.29) is 21.9 Å². The first kappa shape index (κ1) is 14.3. The van der Waals surface area contributed by atoms with E-state index in [1.165, 1.54) is 24.5 Å². The molecule has 10 heteroatoms. The summed E-state index contributed by atoms with van der Waals surface area (Å²) in [4.78, 5) is 10.6. The summed E-state index contributed by atoms with van der Waals surface area (Å²) in [5.74, 6) is -1.09. The first-order chi connectivity index (χ1) is 10.4. The number of rotatable bonds is 3. The van der Waals surface area contributed by atoms with E-state index in [1.54, 1.807) is 0 Å². The van der Waals surface area contributed by atoms with E-state index < -0.39 is 22.5 Å². The molecule has 0 saturated heterocycles. The Labute approximate surface area is 124 Å². The molecule has 0 bridgehead atoms. The summed E-state index contributed by atoms with van der Waals surface area (Å²) >= 11 is 0.364. The summed E-state index contributed by atoms with van der Waals surface area (Å²) in [5.41, 5.74) is 4.67. The van der Waals surface area contributed by atoms with Crippen LogP contribution in [-0.4, -0.2) is 21.3 Å². The summed E-state index contributed by atoms with van der Waals surface area (Å²) in [6, 6.07) is 2.83. The van der Waals surface area contributed by atoms with Crippen LogP contribution in [0.1, 0.15) is 15.2 Å². The molecule has 1 amide bonds. The third-order valence-electron chi connectivity index (χ3n) is 2.83. The molecule has 0 fully saturated rings. The first-order valence-corrected chi connectivity index (χ1v) is 6.66. The summed E-state index contributed by atoms with van der Waals surface area (Å²) in [6.07, 6.45) is -2.01. The number of aromatic amines is 1. The molecule has 0 aliphatic rings. The number of carbonyl (C=O) groups excluding carboxylic acids is 1. The normalized spacial score (nSPS) is 11.8. The van der Waals surface area contributed by atoms with Gasteiger partial charge in [0.15, 0.2) is 5.76 Å². The van der Waals surface area contributed by atoms with Crippen LogP contribution >= 0.6 is 11.3 Å². The van der Waals surface area contributed by atoms with Gasteiger partial charge in [-0.1, -0.05) is 5.16 Å². The monoisotopic (exact) mass is 328 g/mol. The van der Waals surface area contributed by atoms with Crippen LogP contribution in [0.5, 0.6) is 0 Å². The molecule has 0 unspecified atom stereocenters. The number of carbonyl (C=O) groups is 1. The number of halogens is 3. The zero-order chi connectivity index (χ0) is 15.9. The van der Waals surface area contributed by atoms with Crippen molar-refractivity contribution >= 4 is 17.2 Å². The third kappa shape index (κ3) is 2.26. The predicted octanol–water partition coefficient (Wildman–Crippen LogP) is 2.91. The maximum atomic E-state index is 13.2. The fourth-order valence-electron chi connectivity index (χ4n) is 2.02. The molecule has 0 spiro atoms. The van der Waals surface area contributed by atoms with Crippen LogP contribution in [0.4, 0.5) is 13.2 Å². The van der Waals surface area contributed by atoms with Gasteiger partial charge in [-0.3, -0.25) is 9.89 Å². The molecule has 0 aliphatic heterocycles. The zero-order valence-corrected chi connectivity index (χ0v) is 11.5. The summed E-state index contributed by atoms with van der Waals surface area (Å²) < 4.78 is 44.6. The second-order valence-electron chi connectivity index (χ2n) is 4.21. The van der Waals surface area contributed by atoms with Crippen LogP contribution < -0.4 is 5.73 Å². The largest absolute Gasteiger partial charge is 0.426 e. The number of hydrogen-bond donors (Lipinski definition) is 2. The van der Waals surface area contributed by atoms with Crippen LogP contribution in [0, 0.1) is 0 Å². The number of H-pyrrole nitrogens is 1. The lowest BCUT2D eigenvalue weighted by Crippen LogP contribution is -2.17. The second kappa shape index (κ2) is 4.98. The van der Waals surface area contributed by atoms with Gasteiger partial charge in [0, 0.05) is 17.8 Å². The minimum atomic E-state index is -4.72. The third-order valence-corrected chi connectivity index (χ3v) is 4.08. The molecule has 3 heterocycles.